The third-order valence-corrected chi connectivity index (χ3v) is 5.37. The number of amidine groups is 1. The zero-order chi connectivity index (χ0) is 20.0. The van der Waals surface area contributed by atoms with E-state index < -0.39 is 0 Å². The van der Waals surface area contributed by atoms with Crippen molar-refractivity contribution in [1.82, 2.24) is 9.78 Å². The maximum absolute atomic E-state index is 6.18. The first kappa shape index (κ1) is 21.4. The number of aromatic nitrogens is 2. The summed E-state index contributed by atoms with van der Waals surface area (Å²) in [4.78, 5) is 10.6. The van der Waals surface area contributed by atoms with E-state index in [1.54, 1.807) is 36.6 Å². The first-order valence-electron chi connectivity index (χ1n) is 8.88. The van der Waals surface area contributed by atoms with Crippen LogP contribution >= 0.6 is 22.9 Å². The third kappa shape index (κ3) is 5.56. The molecular formula is C19H27ClN4O2S. The number of hydrogen-bond acceptors (Lipinski definition) is 5. The summed E-state index contributed by atoms with van der Waals surface area (Å²) in [6.07, 6.45) is 2.10. The van der Waals surface area contributed by atoms with E-state index in [1.807, 2.05) is 4.68 Å². The van der Waals surface area contributed by atoms with E-state index in [0.29, 0.717) is 22.2 Å². The van der Waals surface area contributed by atoms with Gasteiger partial charge in [-0.2, -0.15) is 10.1 Å². The normalized spacial score (nSPS) is 13.1. The molecule has 8 heteroatoms. The lowest BCUT2D eigenvalue weighted by Gasteiger charge is -2.12. The molecule has 148 valence electrons. The molecule has 0 aliphatic rings. The Hall–Kier alpha value is -1.86. The average molecular weight is 411 g/mol. The first-order valence-corrected chi connectivity index (χ1v) is 10.1. The van der Waals surface area contributed by atoms with Crippen LogP contribution in [0.1, 0.15) is 51.1 Å². The number of unbranched alkanes of at least 4 members (excludes halogenated alkanes) is 1. The van der Waals surface area contributed by atoms with E-state index >= 15 is 0 Å². The SMILES string of the molecule is CCCCn1nc(C(C)(C)C)sc1=N/C(=N\OC)c1cc(Cl)ccc1OC. The smallest absolute Gasteiger partial charge is 0.209 e. The topological polar surface area (TPSA) is 61.0 Å². The molecule has 0 atom stereocenters. The Labute approximate surface area is 169 Å². The van der Waals surface area contributed by atoms with Crippen LogP contribution in [0, 0.1) is 0 Å². The van der Waals surface area contributed by atoms with Crippen LogP contribution in [0.2, 0.25) is 5.02 Å². The molecule has 1 heterocycles. The molecule has 0 spiro atoms. The molecule has 2 aromatic rings. The minimum absolute atomic E-state index is 0.0568. The molecule has 0 N–H and O–H groups in total. The maximum atomic E-state index is 6.18. The fourth-order valence-electron chi connectivity index (χ4n) is 2.31. The van der Waals surface area contributed by atoms with Gasteiger partial charge in [0.15, 0.2) is 0 Å². The van der Waals surface area contributed by atoms with Crippen molar-refractivity contribution in [2.75, 3.05) is 14.2 Å². The summed E-state index contributed by atoms with van der Waals surface area (Å²) in [6.45, 7) is 9.38. The van der Waals surface area contributed by atoms with Crippen molar-refractivity contribution in [2.24, 2.45) is 10.1 Å². The van der Waals surface area contributed by atoms with Gasteiger partial charge in [-0.25, -0.2) is 4.68 Å². The molecule has 0 bridgehead atoms. The van der Waals surface area contributed by atoms with Crippen LogP contribution in [0.15, 0.2) is 28.3 Å². The lowest BCUT2D eigenvalue weighted by Crippen LogP contribution is -2.19. The summed E-state index contributed by atoms with van der Waals surface area (Å²) in [5.41, 5.74) is 0.609. The van der Waals surface area contributed by atoms with E-state index in [-0.39, 0.29) is 5.41 Å². The van der Waals surface area contributed by atoms with E-state index in [2.05, 4.69) is 32.9 Å². The number of oxime groups is 1. The van der Waals surface area contributed by atoms with Crippen molar-refractivity contribution in [3.8, 4) is 5.75 Å². The summed E-state index contributed by atoms with van der Waals surface area (Å²) in [6, 6.07) is 5.32. The summed E-state index contributed by atoms with van der Waals surface area (Å²) >= 11 is 7.74. The maximum Gasteiger partial charge on any atom is 0.209 e. The molecule has 0 fully saturated rings. The lowest BCUT2D eigenvalue weighted by atomic mass is 9.98. The highest BCUT2D eigenvalue weighted by molar-refractivity contribution is 7.09. The molecule has 6 nitrogen and oxygen atoms in total. The molecule has 0 aliphatic carbocycles. The largest absolute Gasteiger partial charge is 0.496 e. The molecule has 0 unspecified atom stereocenters. The fraction of sp³-hybridized carbons (Fsp3) is 0.526. The molecular weight excluding hydrogens is 384 g/mol. The molecule has 1 aromatic carbocycles. The van der Waals surface area contributed by atoms with Gasteiger partial charge in [0.25, 0.3) is 0 Å². The van der Waals surface area contributed by atoms with Crippen LogP contribution in [-0.2, 0) is 16.8 Å². The Balaban J connectivity index is 2.63. The van der Waals surface area contributed by atoms with Crippen LogP contribution in [0.3, 0.4) is 0 Å². The molecule has 2 rings (SSSR count). The van der Waals surface area contributed by atoms with Crippen molar-refractivity contribution in [3.05, 3.63) is 38.6 Å². The highest BCUT2D eigenvalue weighted by Gasteiger charge is 2.20. The van der Waals surface area contributed by atoms with E-state index in [4.69, 9.17) is 31.3 Å². The van der Waals surface area contributed by atoms with Gasteiger partial charge in [-0.05, 0) is 24.6 Å². The van der Waals surface area contributed by atoms with Crippen LogP contribution in [-0.4, -0.2) is 29.8 Å². The van der Waals surface area contributed by atoms with Gasteiger partial charge < -0.3 is 9.57 Å². The molecule has 0 saturated carbocycles. The standard InChI is InChI=1S/C19H27ClN4O2S/c1-7-8-11-24-18(27-17(22-24)19(2,3)4)21-16(23-26-6)14-12-13(20)9-10-15(14)25-5/h9-10,12H,7-8,11H2,1-6H3/b21-18?,23-16-. The van der Waals surface area contributed by atoms with Gasteiger partial charge >= 0.3 is 0 Å². The fourth-order valence-corrected chi connectivity index (χ4v) is 3.47. The lowest BCUT2D eigenvalue weighted by molar-refractivity contribution is 0.213. The highest BCUT2D eigenvalue weighted by Crippen LogP contribution is 2.25. The second kappa shape index (κ2) is 9.37. The second-order valence-corrected chi connectivity index (χ2v) is 8.46. The molecule has 0 amide bonds. The Morgan fingerprint density at radius 1 is 1.30 bits per heavy atom. The van der Waals surface area contributed by atoms with Gasteiger partial charge in [-0.3, -0.25) is 0 Å². The number of rotatable bonds is 6. The zero-order valence-electron chi connectivity index (χ0n) is 16.7. The Morgan fingerprint density at radius 3 is 2.63 bits per heavy atom. The van der Waals surface area contributed by atoms with Gasteiger partial charge in [0.1, 0.15) is 17.9 Å². The van der Waals surface area contributed by atoms with E-state index in [0.717, 1.165) is 29.2 Å². The molecule has 0 radical (unpaired) electrons. The van der Waals surface area contributed by atoms with Gasteiger partial charge in [0.05, 0.1) is 12.7 Å². The van der Waals surface area contributed by atoms with Crippen molar-refractivity contribution in [1.29, 1.82) is 0 Å². The van der Waals surface area contributed by atoms with Crippen LogP contribution in [0.4, 0.5) is 0 Å². The minimum atomic E-state index is -0.0568. The van der Waals surface area contributed by atoms with Crippen LogP contribution in [0.5, 0.6) is 5.75 Å². The van der Waals surface area contributed by atoms with Gasteiger partial charge in [0.2, 0.25) is 10.6 Å². The number of halogens is 1. The minimum Gasteiger partial charge on any atom is -0.496 e. The first-order chi connectivity index (χ1) is 12.8. The number of benzene rings is 1. The predicted molar refractivity (Wildman–Crippen MR) is 111 cm³/mol. The summed E-state index contributed by atoms with van der Waals surface area (Å²) in [5, 5.41) is 10.5. The van der Waals surface area contributed by atoms with Crippen molar-refractivity contribution >= 4 is 28.8 Å². The van der Waals surface area contributed by atoms with E-state index in [1.165, 1.54) is 7.11 Å². The summed E-state index contributed by atoms with van der Waals surface area (Å²) in [5.74, 6) is 1.02. The summed E-state index contributed by atoms with van der Waals surface area (Å²) in [7, 11) is 3.09. The van der Waals surface area contributed by atoms with Crippen molar-refractivity contribution in [2.45, 2.75) is 52.5 Å². The molecule has 0 saturated heterocycles. The monoisotopic (exact) mass is 410 g/mol. The number of nitrogens with zero attached hydrogens (tertiary/aromatic N) is 4. The number of ether oxygens (including phenoxy) is 1. The number of hydrogen-bond donors (Lipinski definition) is 0. The highest BCUT2D eigenvalue weighted by atomic mass is 35.5. The molecule has 1 aromatic heterocycles. The predicted octanol–water partition coefficient (Wildman–Crippen LogP) is 4.61. The van der Waals surface area contributed by atoms with Gasteiger partial charge in [-0.15, -0.1) is 0 Å². The van der Waals surface area contributed by atoms with Gasteiger partial charge in [-0.1, -0.05) is 62.2 Å². The van der Waals surface area contributed by atoms with Crippen LogP contribution < -0.4 is 9.54 Å². The quantitative estimate of drug-likeness (QED) is 0.396. The molecule has 27 heavy (non-hydrogen) atoms. The number of aryl methyl sites for hydroxylation is 1. The Kier molecular flexibility index (Phi) is 7.44. The molecule has 0 aliphatic heterocycles. The second-order valence-electron chi connectivity index (χ2n) is 7.07. The Bertz CT molecular complexity index is 865. The average Bonchev–Trinajstić information content (AvgIpc) is 3.02. The zero-order valence-corrected chi connectivity index (χ0v) is 18.3. The Morgan fingerprint density at radius 2 is 2.04 bits per heavy atom. The van der Waals surface area contributed by atoms with Gasteiger partial charge in [0, 0.05) is 17.0 Å². The van der Waals surface area contributed by atoms with Crippen LogP contribution in [0.25, 0.3) is 0 Å². The summed E-state index contributed by atoms with van der Waals surface area (Å²) < 4.78 is 7.39. The van der Waals surface area contributed by atoms with E-state index in [9.17, 15) is 0 Å². The number of methoxy groups -OCH3 is 1. The van der Waals surface area contributed by atoms with Crippen molar-refractivity contribution in [3.63, 3.8) is 0 Å². The van der Waals surface area contributed by atoms with Crippen molar-refractivity contribution < 1.29 is 9.57 Å². The third-order valence-electron chi connectivity index (χ3n) is 3.77.